The van der Waals surface area contributed by atoms with E-state index in [9.17, 15) is 0 Å². The summed E-state index contributed by atoms with van der Waals surface area (Å²) in [5, 5.41) is 0. The van der Waals surface area contributed by atoms with Crippen molar-refractivity contribution >= 4 is 139 Å². The number of aromatic nitrogens is 12. The fourth-order valence-corrected chi connectivity index (χ4v) is 19.8. The summed E-state index contributed by atoms with van der Waals surface area (Å²) in [5.41, 5.74) is 42.2. The van der Waals surface area contributed by atoms with Gasteiger partial charge in [0.1, 0.15) is 0 Å². The van der Waals surface area contributed by atoms with Crippen LogP contribution in [0.2, 0.25) is 0 Å². The molecule has 6 aliphatic heterocycles. The van der Waals surface area contributed by atoms with Gasteiger partial charge in [-0.1, -0.05) is 303 Å². The molecule has 0 radical (unpaired) electrons. The molecule has 0 unspecified atom stereocenters. The molecule has 12 heteroatoms. The fraction of sp³-hybridized carbons (Fsp3) is 0. The van der Waals surface area contributed by atoms with Crippen molar-refractivity contribution in [3.63, 3.8) is 0 Å². The van der Waals surface area contributed by atoms with Crippen molar-refractivity contribution in [3.8, 4) is 134 Å². The lowest BCUT2D eigenvalue weighted by Gasteiger charge is -2.09. The predicted octanol–water partition coefficient (Wildman–Crippen LogP) is 30.6. The van der Waals surface area contributed by atoms with Crippen molar-refractivity contribution in [2.75, 3.05) is 0 Å². The molecular weight excluding hydrogens is 1610 g/mol. The van der Waals surface area contributed by atoms with Gasteiger partial charge >= 0.3 is 0 Å². The van der Waals surface area contributed by atoms with Crippen molar-refractivity contribution in [1.82, 2.24) is 59.8 Å². The van der Waals surface area contributed by atoms with E-state index < -0.39 is 0 Å². The molecule has 0 fully saturated rings. The highest BCUT2D eigenvalue weighted by molar-refractivity contribution is 6.12. The van der Waals surface area contributed by atoms with Crippen LogP contribution in [0.1, 0.15) is 68.3 Å². The summed E-state index contributed by atoms with van der Waals surface area (Å²) in [4.78, 5) is 60.2. The van der Waals surface area contributed by atoms with Crippen molar-refractivity contribution < 1.29 is 0 Å². The lowest BCUT2D eigenvalue weighted by atomic mass is 9.97. The summed E-state index contributed by atoms with van der Waals surface area (Å²) in [6, 6.07) is 128. The van der Waals surface area contributed by atoms with Crippen LogP contribution in [0.4, 0.5) is 0 Å². The Hall–Kier alpha value is -18.0. The van der Waals surface area contributed by atoms with Gasteiger partial charge in [-0.25, -0.2) is 29.9 Å². The molecular formula is C120H78N12. The van der Waals surface area contributed by atoms with E-state index in [0.29, 0.717) is 0 Å². The molecule has 132 heavy (non-hydrogen) atoms. The first-order chi connectivity index (χ1) is 65.4. The van der Waals surface area contributed by atoms with E-state index in [0.717, 1.165) is 268 Å². The first-order valence-corrected chi connectivity index (χ1v) is 44.6. The normalized spacial score (nSPS) is 12.4. The predicted molar refractivity (Wildman–Crippen MR) is 549 cm³/mol. The molecule has 0 saturated carbocycles. The number of H-pyrrole nitrogens is 6. The van der Waals surface area contributed by atoms with E-state index in [1.54, 1.807) is 0 Å². The van der Waals surface area contributed by atoms with Crippen LogP contribution in [-0.4, -0.2) is 59.8 Å². The van der Waals surface area contributed by atoms with Gasteiger partial charge in [-0.2, -0.15) is 0 Å². The first kappa shape index (κ1) is 76.4. The summed E-state index contributed by atoms with van der Waals surface area (Å²) >= 11 is 0. The Labute approximate surface area is 759 Å². The third-order valence-electron chi connectivity index (χ3n) is 25.6. The average Bonchev–Trinajstić information content (AvgIpc) is 1.59. The van der Waals surface area contributed by atoms with Gasteiger partial charge in [0.25, 0.3) is 0 Å². The molecule has 0 aliphatic carbocycles. The van der Waals surface area contributed by atoms with Crippen molar-refractivity contribution in [1.29, 1.82) is 0 Å². The third kappa shape index (κ3) is 13.5. The van der Waals surface area contributed by atoms with Crippen LogP contribution in [0.5, 0.6) is 0 Å². The van der Waals surface area contributed by atoms with E-state index in [-0.39, 0.29) is 0 Å². The fourth-order valence-electron chi connectivity index (χ4n) is 19.8. The molecule has 10 aromatic carbocycles. The van der Waals surface area contributed by atoms with Gasteiger partial charge in [0.15, 0.2) is 0 Å². The van der Waals surface area contributed by atoms with Gasteiger partial charge < -0.3 is 29.9 Å². The van der Waals surface area contributed by atoms with Crippen LogP contribution in [0, 0.1) is 0 Å². The van der Waals surface area contributed by atoms with E-state index in [1.807, 2.05) is 0 Å². The third-order valence-corrected chi connectivity index (χ3v) is 25.6. The second-order valence-corrected chi connectivity index (χ2v) is 33.5. The van der Waals surface area contributed by atoms with Crippen molar-refractivity contribution in [3.05, 3.63) is 432 Å². The molecule has 0 spiro atoms. The summed E-state index contributed by atoms with van der Waals surface area (Å²) in [5.74, 6) is 0. The highest BCUT2D eigenvalue weighted by Gasteiger charge is 2.29. The number of benzene rings is 10. The summed E-state index contributed by atoms with van der Waals surface area (Å²) in [6.07, 6.45) is 26.1. The lowest BCUT2D eigenvalue weighted by molar-refractivity contribution is 1.31. The molecule has 15 heterocycles. The van der Waals surface area contributed by atoms with E-state index >= 15 is 0 Å². The molecule has 0 atom stereocenters. The maximum absolute atomic E-state index is 6.07. The van der Waals surface area contributed by atoms with Crippen LogP contribution >= 0.6 is 0 Å². The SMILES string of the molecule is C1=Cc2nc1c(-c1ccccc1)c1ccc([nH]1)c(-c1ccccc1)c1nc(c(-c3ccccc3)c3[nH]c(cc3-c3c4nc(c(-c5ccccc5)c5ccc([nH]5)c(-c5cc6[nH]c5c(-c5ccccc5)c5nc(c(-c7ccccc7)c7ccc([nH]7)c(-c7ccccc7)c7nc(c6-c6ccccc6)C=C7)C=C5)c5nc(c(-c6ccccc6)c6ccc3[nH]6)C=C5)C=C4)c2-c2ccccc2)C=C1. The second-order valence-electron chi connectivity index (χ2n) is 33.5. The van der Waals surface area contributed by atoms with Crippen LogP contribution in [0.15, 0.2) is 364 Å². The van der Waals surface area contributed by atoms with Crippen LogP contribution < -0.4 is 0 Å². The number of nitrogens with zero attached hydrogens (tertiary/aromatic N) is 6. The minimum absolute atomic E-state index is 0.727. The molecule has 25 rings (SSSR count). The van der Waals surface area contributed by atoms with Gasteiger partial charge in [-0.3, -0.25) is 0 Å². The van der Waals surface area contributed by atoms with Crippen LogP contribution in [0.25, 0.3) is 273 Å². The average molecular weight is 1690 g/mol. The minimum atomic E-state index is 0.727. The van der Waals surface area contributed by atoms with Crippen molar-refractivity contribution in [2.24, 2.45) is 0 Å². The Morgan fingerprint density at radius 1 is 0.121 bits per heavy atom. The summed E-state index contributed by atoms with van der Waals surface area (Å²) in [6.45, 7) is 0. The first-order valence-electron chi connectivity index (χ1n) is 44.6. The number of hydrogen-bond donors (Lipinski definition) is 6. The number of aromatic amines is 6. The van der Waals surface area contributed by atoms with Crippen molar-refractivity contribution in [2.45, 2.75) is 0 Å². The standard InChI is InChI=1S/C120H78N12/c1-11-31-73(32-12-1)107-85-51-53-87(121-85)109(75-35-15-3-16-36-75)91-59-65-99(125-91)115(81-47-27-9-28-48-81)119-83(71-105(131-119)113(79-43-23-7-24-44-79)97-57-55-89(107)123-97)117-101-67-61-93(127-101)111(77-39-19-5-20-40-77)95-63-69-103(129-95)118(104-70-64-96(130-104)112(78-41-21-6-22-42-78)94-62-68-102(117)128-94)84-72-106-114(80-45-25-8-26-46-80)98-58-56-90(124-98)108(74-33-13-2-14-34-74)86-52-54-88(122-86)110(76-37-17-4-18-38-76)92-60-66-100(126-92)116(120(84)132-106)82-49-29-10-30-50-82/h1-72,121-122,127,130-132H. The van der Waals surface area contributed by atoms with Crippen LogP contribution in [0.3, 0.4) is 0 Å². The zero-order chi connectivity index (χ0) is 87.1. The largest absolute Gasteiger partial charge is 0.354 e. The van der Waals surface area contributed by atoms with Crippen LogP contribution in [-0.2, 0) is 0 Å². The smallest absolute Gasteiger partial charge is 0.0738 e. The molecule has 19 aromatic rings. The maximum Gasteiger partial charge on any atom is 0.0738 e. The number of rotatable bonds is 12. The highest BCUT2D eigenvalue weighted by Crippen LogP contribution is 2.49. The Morgan fingerprint density at radius 2 is 0.258 bits per heavy atom. The quantitative estimate of drug-likeness (QED) is 0.0711. The Morgan fingerprint density at radius 3 is 0.432 bits per heavy atom. The molecule has 6 N–H and O–H groups in total. The van der Waals surface area contributed by atoms with Gasteiger partial charge in [0.05, 0.1) is 79.4 Å². The number of fused-ring (bicyclic) bond motifs is 24. The molecule has 9 aromatic heterocycles. The lowest BCUT2D eigenvalue weighted by Crippen LogP contribution is -1.91. The molecule has 0 saturated heterocycles. The summed E-state index contributed by atoms with van der Waals surface area (Å²) < 4.78 is 0. The topological polar surface area (TPSA) is 172 Å². The van der Waals surface area contributed by atoms with Gasteiger partial charge in [-0.15, -0.1) is 0 Å². The Kier molecular flexibility index (Phi) is 18.6. The second kappa shape index (κ2) is 32.1. The number of nitrogens with one attached hydrogen (secondary N) is 6. The van der Waals surface area contributed by atoms with Gasteiger partial charge in [0, 0.05) is 133 Å². The van der Waals surface area contributed by atoms with E-state index in [4.69, 9.17) is 29.9 Å². The summed E-state index contributed by atoms with van der Waals surface area (Å²) in [7, 11) is 0. The molecule has 24 bridgehead atoms. The Bertz CT molecular complexity index is 8170. The van der Waals surface area contributed by atoms with E-state index in [2.05, 4.69) is 467 Å². The van der Waals surface area contributed by atoms with E-state index in [1.165, 1.54) is 0 Å². The highest BCUT2D eigenvalue weighted by atomic mass is 14.8. The molecule has 6 aliphatic rings. The molecule has 12 nitrogen and oxygen atoms in total. The maximum atomic E-state index is 6.07. The zero-order valence-corrected chi connectivity index (χ0v) is 71.3. The zero-order valence-electron chi connectivity index (χ0n) is 71.3. The van der Waals surface area contributed by atoms with Gasteiger partial charge in [0.2, 0.25) is 0 Å². The molecule has 0 amide bonds. The monoisotopic (exact) mass is 1690 g/mol. The number of hydrogen-bond acceptors (Lipinski definition) is 6. The Balaban J connectivity index is 0.828. The minimum Gasteiger partial charge on any atom is -0.354 e. The molecule has 618 valence electrons. The van der Waals surface area contributed by atoms with Gasteiger partial charge in [-0.05, 0) is 189 Å².